The number of anilines is 1. The second-order valence-corrected chi connectivity index (χ2v) is 6.67. The molecule has 5 nitrogen and oxygen atoms in total. The van der Waals surface area contributed by atoms with Gasteiger partial charge in [-0.25, -0.2) is 0 Å². The van der Waals surface area contributed by atoms with Crippen LogP contribution in [0.3, 0.4) is 0 Å². The van der Waals surface area contributed by atoms with Gasteiger partial charge in [0.15, 0.2) is 5.76 Å². The Labute approximate surface area is 167 Å². The van der Waals surface area contributed by atoms with Crippen LogP contribution in [0.4, 0.5) is 5.69 Å². The number of aromatic nitrogens is 2. The van der Waals surface area contributed by atoms with Crippen molar-refractivity contribution in [2.75, 3.05) is 5.32 Å². The van der Waals surface area contributed by atoms with E-state index in [0.29, 0.717) is 17.0 Å². The molecule has 0 saturated heterocycles. The Morgan fingerprint density at radius 3 is 2.62 bits per heavy atom. The molecule has 0 fully saturated rings. The maximum absolute atomic E-state index is 13.0. The number of furan rings is 1. The number of rotatable bonds is 4. The number of para-hydroxylation sites is 1. The maximum Gasteiger partial charge on any atom is 0.256 e. The van der Waals surface area contributed by atoms with E-state index in [-0.39, 0.29) is 5.91 Å². The molecule has 0 aliphatic rings. The molecule has 1 amide bonds. The van der Waals surface area contributed by atoms with Crippen LogP contribution in [0.25, 0.3) is 33.5 Å². The van der Waals surface area contributed by atoms with Gasteiger partial charge in [-0.05, 0) is 41.1 Å². The zero-order chi connectivity index (χ0) is 19.6. The highest BCUT2D eigenvalue weighted by Gasteiger charge is 2.15. The van der Waals surface area contributed by atoms with E-state index in [1.165, 1.54) is 0 Å². The second kappa shape index (κ2) is 7.13. The molecule has 0 aliphatic heterocycles. The molecule has 5 heteroatoms. The van der Waals surface area contributed by atoms with Crippen molar-refractivity contribution in [1.29, 1.82) is 0 Å². The van der Waals surface area contributed by atoms with Crippen molar-refractivity contribution in [3.8, 4) is 22.7 Å². The predicted molar refractivity (Wildman–Crippen MR) is 114 cm³/mol. The van der Waals surface area contributed by atoms with Crippen molar-refractivity contribution in [3.05, 3.63) is 96.8 Å². The van der Waals surface area contributed by atoms with Crippen molar-refractivity contribution < 1.29 is 9.21 Å². The van der Waals surface area contributed by atoms with Gasteiger partial charge in [-0.1, -0.05) is 54.6 Å². The van der Waals surface area contributed by atoms with Gasteiger partial charge in [0.1, 0.15) is 5.69 Å². The third-order valence-electron chi connectivity index (χ3n) is 4.85. The monoisotopic (exact) mass is 379 g/mol. The Morgan fingerprint density at radius 2 is 1.72 bits per heavy atom. The number of H-pyrrole nitrogens is 1. The van der Waals surface area contributed by atoms with Gasteiger partial charge in [0.05, 0.1) is 17.6 Å². The molecule has 0 radical (unpaired) electrons. The average Bonchev–Trinajstić information content (AvgIpc) is 3.45. The average molecular weight is 379 g/mol. The summed E-state index contributed by atoms with van der Waals surface area (Å²) in [5.41, 5.74) is 3.67. The number of aromatic amines is 1. The van der Waals surface area contributed by atoms with Gasteiger partial charge in [0.2, 0.25) is 0 Å². The lowest BCUT2D eigenvalue weighted by molar-refractivity contribution is 0.102. The molecule has 0 unspecified atom stereocenters. The number of nitrogens with zero attached hydrogens (tertiary/aromatic N) is 1. The van der Waals surface area contributed by atoms with E-state index in [1.807, 2.05) is 84.9 Å². The first-order chi connectivity index (χ1) is 14.3. The summed E-state index contributed by atoms with van der Waals surface area (Å²) in [5.74, 6) is 0.553. The molecule has 5 aromatic rings. The molecule has 29 heavy (non-hydrogen) atoms. The van der Waals surface area contributed by atoms with Gasteiger partial charge in [-0.2, -0.15) is 5.10 Å². The molecule has 0 bridgehead atoms. The molecule has 140 valence electrons. The van der Waals surface area contributed by atoms with E-state index in [9.17, 15) is 4.79 Å². The fourth-order valence-corrected chi connectivity index (χ4v) is 3.45. The molecule has 2 N–H and O–H groups in total. The number of fused-ring (bicyclic) bond motifs is 1. The van der Waals surface area contributed by atoms with Gasteiger partial charge in [0.25, 0.3) is 5.91 Å². The van der Waals surface area contributed by atoms with Gasteiger partial charge in [0, 0.05) is 11.1 Å². The van der Waals surface area contributed by atoms with Crippen LogP contribution in [-0.4, -0.2) is 16.1 Å². The molecule has 5 rings (SSSR count). The van der Waals surface area contributed by atoms with Gasteiger partial charge in [-0.15, -0.1) is 0 Å². The fourth-order valence-electron chi connectivity index (χ4n) is 3.45. The minimum atomic E-state index is -0.156. The molecular weight excluding hydrogens is 362 g/mol. The minimum absolute atomic E-state index is 0.156. The van der Waals surface area contributed by atoms with Crippen molar-refractivity contribution in [3.63, 3.8) is 0 Å². The number of amides is 1. The van der Waals surface area contributed by atoms with Crippen LogP contribution in [0.1, 0.15) is 10.4 Å². The lowest BCUT2D eigenvalue weighted by atomic mass is 10.0. The van der Waals surface area contributed by atoms with Crippen molar-refractivity contribution >= 4 is 22.4 Å². The third-order valence-corrected chi connectivity index (χ3v) is 4.85. The lowest BCUT2D eigenvalue weighted by Crippen LogP contribution is -2.13. The number of nitrogens with one attached hydrogen (secondary N) is 2. The SMILES string of the molecule is O=C(Nc1ccccc1-c1cc(-c2ccco2)[nH]n1)c1cccc2ccccc12. The highest BCUT2D eigenvalue weighted by atomic mass is 16.3. The first kappa shape index (κ1) is 17.0. The number of carbonyl (C=O) groups excluding carboxylic acids is 1. The normalized spacial score (nSPS) is 10.9. The predicted octanol–water partition coefficient (Wildman–Crippen LogP) is 5.74. The summed E-state index contributed by atoms with van der Waals surface area (Å²) in [6.07, 6.45) is 1.62. The van der Waals surface area contributed by atoms with Crippen molar-refractivity contribution in [1.82, 2.24) is 10.2 Å². The number of hydrogen-bond acceptors (Lipinski definition) is 3. The first-order valence-corrected chi connectivity index (χ1v) is 9.27. The Kier molecular flexibility index (Phi) is 4.18. The van der Waals surface area contributed by atoms with Crippen molar-refractivity contribution in [2.24, 2.45) is 0 Å². The quantitative estimate of drug-likeness (QED) is 0.418. The zero-order valence-electron chi connectivity index (χ0n) is 15.4. The summed E-state index contributed by atoms with van der Waals surface area (Å²) in [7, 11) is 0. The standard InChI is InChI=1S/C24H17N3O2/c28-24(18-11-5-8-16-7-1-2-9-17(16)18)25-20-12-4-3-10-19(20)21-15-22(27-26-21)23-13-6-14-29-23/h1-15H,(H,25,28)(H,26,27). The molecule has 0 saturated carbocycles. The summed E-state index contributed by atoms with van der Waals surface area (Å²) in [5, 5.41) is 12.4. The van der Waals surface area contributed by atoms with E-state index in [0.717, 1.165) is 27.7 Å². The topological polar surface area (TPSA) is 70.9 Å². The van der Waals surface area contributed by atoms with E-state index in [4.69, 9.17) is 4.42 Å². The Hall–Kier alpha value is -4.12. The second-order valence-electron chi connectivity index (χ2n) is 6.67. The largest absolute Gasteiger partial charge is 0.463 e. The van der Waals surface area contributed by atoms with E-state index in [2.05, 4.69) is 15.5 Å². The number of hydrogen-bond donors (Lipinski definition) is 2. The van der Waals surface area contributed by atoms with Gasteiger partial charge in [-0.3, -0.25) is 9.89 Å². The summed E-state index contributed by atoms with van der Waals surface area (Å²) >= 11 is 0. The number of benzene rings is 3. The van der Waals surface area contributed by atoms with E-state index < -0.39 is 0 Å². The van der Waals surface area contributed by atoms with Crippen molar-refractivity contribution in [2.45, 2.75) is 0 Å². The molecule has 3 aromatic carbocycles. The molecule has 2 aromatic heterocycles. The first-order valence-electron chi connectivity index (χ1n) is 9.27. The van der Waals surface area contributed by atoms with Crippen LogP contribution in [0.5, 0.6) is 0 Å². The van der Waals surface area contributed by atoms with E-state index in [1.54, 1.807) is 6.26 Å². The van der Waals surface area contributed by atoms with E-state index >= 15 is 0 Å². The molecule has 0 spiro atoms. The summed E-state index contributed by atoms with van der Waals surface area (Å²) < 4.78 is 5.42. The maximum atomic E-state index is 13.0. The van der Waals surface area contributed by atoms with Gasteiger partial charge < -0.3 is 9.73 Å². The highest BCUT2D eigenvalue weighted by Crippen LogP contribution is 2.30. The summed E-state index contributed by atoms with van der Waals surface area (Å²) in [6.45, 7) is 0. The zero-order valence-corrected chi connectivity index (χ0v) is 15.4. The minimum Gasteiger partial charge on any atom is -0.463 e. The number of carbonyl (C=O) groups is 1. The smallest absolute Gasteiger partial charge is 0.256 e. The Bertz CT molecular complexity index is 1300. The summed E-state index contributed by atoms with van der Waals surface area (Å²) in [4.78, 5) is 13.0. The van der Waals surface area contributed by atoms with Crippen LogP contribution >= 0.6 is 0 Å². The highest BCUT2D eigenvalue weighted by molar-refractivity contribution is 6.13. The van der Waals surface area contributed by atoms with Crippen LogP contribution < -0.4 is 5.32 Å². The lowest BCUT2D eigenvalue weighted by Gasteiger charge is -2.11. The molecule has 0 aliphatic carbocycles. The third kappa shape index (κ3) is 3.19. The Balaban J connectivity index is 1.49. The van der Waals surface area contributed by atoms with Gasteiger partial charge >= 0.3 is 0 Å². The van der Waals surface area contributed by atoms with Crippen LogP contribution in [0.2, 0.25) is 0 Å². The van der Waals surface area contributed by atoms with Crippen LogP contribution in [-0.2, 0) is 0 Å². The van der Waals surface area contributed by atoms with Crippen LogP contribution in [0.15, 0.2) is 95.6 Å². The summed E-state index contributed by atoms with van der Waals surface area (Å²) in [6, 6.07) is 26.8. The molecule has 0 atom stereocenters. The Morgan fingerprint density at radius 1 is 0.897 bits per heavy atom. The molecule has 2 heterocycles. The fraction of sp³-hybridized carbons (Fsp3) is 0. The van der Waals surface area contributed by atoms with Crippen LogP contribution in [0, 0.1) is 0 Å². The molecular formula is C24H17N3O2.